The molecule has 0 bridgehead atoms. The molecule has 12 heteroatoms. The zero-order valence-electron chi connectivity index (χ0n) is 17.8. The fourth-order valence-electron chi connectivity index (χ4n) is 3.39. The molecule has 0 aliphatic carbocycles. The van der Waals surface area contributed by atoms with Gasteiger partial charge in [0, 0.05) is 16.7 Å². The quantitative estimate of drug-likeness (QED) is 0.236. The molecule has 0 aliphatic heterocycles. The Labute approximate surface area is 226 Å². The number of hydrogen-bond donors (Lipinski definition) is 2. The number of nitrogens with zero attached hydrogens (tertiary/aromatic N) is 4. The molecule has 0 unspecified atom stereocenters. The molecule has 178 valence electrons. The van der Waals surface area contributed by atoms with Crippen LogP contribution in [0, 0.1) is 6.92 Å². The fraction of sp³-hybridized carbons (Fsp3) is 0.0435. The number of amides is 2. The summed E-state index contributed by atoms with van der Waals surface area (Å²) in [6, 6.07) is 14.7. The molecule has 0 atom stereocenters. The van der Waals surface area contributed by atoms with E-state index in [0.29, 0.717) is 25.3 Å². The minimum absolute atomic E-state index is 0.121. The molecule has 0 fully saturated rings. The number of carbonyl (C=O) groups is 2. The second kappa shape index (κ2) is 10.4. The van der Waals surface area contributed by atoms with Crippen molar-refractivity contribution in [2.45, 2.75) is 6.92 Å². The molecule has 0 saturated heterocycles. The zero-order valence-corrected chi connectivity index (χ0v) is 22.5. The summed E-state index contributed by atoms with van der Waals surface area (Å²) in [5.41, 5.74) is 1.44. The summed E-state index contributed by atoms with van der Waals surface area (Å²) in [6.07, 6.45) is 0.277. The van der Waals surface area contributed by atoms with Crippen LogP contribution in [-0.2, 0) is 0 Å². The predicted octanol–water partition coefficient (Wildman–Crippen LogP) is 7.48. The number of aromatic nitrogens is 3. The summed E-state index contributed by atoms with van der Waals surface area (Å²) in [4.78, 5) is 31.1. The first kappa shape index (κ1) is 25.2. The number of carboxylic acid groups (broad SMARTS) is 1. The lowest BCUT2D eigenvalue weighted by Gasteiger charge is -2.25. The molecule has 2 heterocycles. The highest BCUT2D eigenvalue weighted by Gasteiger charge is 2.26. The maximum Gasteiger partial charge on any atom is 0.416 e. The van der Waals surface area contributed by atoms with E-state index >= 15 is 0 Å². The molecule has 2 amide bonds. The monoisotopic (exact) mass is 637 g/mol. The highest BCUT2D eigenvalue weighted by molar-refractivity contribution is 9.10. The molecule has 2 aromatic heterocycles. The molecule has 2 aromatic carbocycles. The van der Waals surface area contributed by atoms with Crippen molar-refractivity contribution in [3.05, 3.63) is 91.2 Å². The van der Waals surface area contributed by atoms with Crippen LogP contribution in [0.5, 0.6) is 0 Å². The number of carbonyl (C=O) groups excluding carboxylic acids is 1. The van der Waals surface area contributed by atoms with Gasteiger partial charge in [-0.3, -0.25) is 4.79 Å². The van der Waals surface area contributed by atoms with Gasteiger partial charge < -0.3 is 10.4 Å². The van der Waals surface area contributed by atoms with Crippen LogP contribution in [0.25, 0.3) is 5.82 Å². The van der Waals surface area contributed by atoms with Crippen molar-refractivity contribution in [2.24, 2.45) is 0 Å². The lowest BCUT2D eigenvalue weighted by Crippen LogP contribution is -2.26. The van der Waals surface area contributed by atoms with Gasteiger partial charge in [0.15, 0.2) is 5.82 Å². The van der Waals surface area contributed by atoms with E-state index in [1.165, 1.54) is 23.0 Å². The maximum absolute atomic E-state index is 13.5. The third kappa shape index (κ3) is 5.06. The van der Waals surface area contributed by atoms with Gasteiger partial charge in [-0.05, 0) is 74.7 Å². The number of pyridine rings is 1. The van der Waals surface area contributed by atoms with Gasteiger partial charge in [0.2, 0.25) is 0 Å². The first-order valence-corrected chi connectivity index (χ1v) is 12.3. The van der Waals surface area contributed by atoms with E-state index in [-0.39, 0.29) is 27.9 Å². The summed E-state index contributed by atoms with van der Waals surface area (Å²) in [5.74, 6) is -0.308. The van der Waals surface area contributed by atoms with Crippen LogP contribution in [0.15, 0.2) is 69.9 Å². The van der Waals surface area contributed by atoms with Crippen LogP contribution < -0.4 is 10.2 Å². The lowest BCUT2D eigenvalue weighted by atomic mass is 10.1. The molecule has 2 N–H and O–H groups in total. The Morgan fingerprint density at radius 2 is 1.77 bits per heavy atom. The van der Waals surface area contributed by atoms with E-state index in [2.05, 4.69) is 47.3 Å². The third-order valence-electron chi connectivity index (χ3n) is 4.97. The maximum atomic E-state index is 13.5. The molecule has 0 saturated carbocycles. The Hall–Kier alpha value is -2.92. The molecular weight excluding hydrogens is 625 g/mol. The summed E-state index contributed by atoms with van der Waals surface area (Å²) in [7, 11) is 0. The fourth-order valence-corrected chi connectivity index (χ4v) is 4.52. The van der Waals surface area contributed by atoms with Crippen molar-refractivity contribution in [1.29, 1.82) is 0 Å². The second-order valence-electron chi connectivity index (χ2n) is 7.17. The van der Waals surface area contributed by atoms with Gasteiger partial charge in [0.1, 0.15) is 10.3 Å². The van der Waals surface area contributed by atoms with Gasteiger partial charge in [-0.15, -0.1) is 0 Å². The van der Waals surface area contributed by atoms with Gasteiger partial charge in [-0.2, -0.15) is 5.10 Å². The first-order chi connectivity index (χ1) is 16.7. The Bertz CT molecular complexity index is 1450. The normalized spacial score (nSPS) is 10.8. The number of nitrogens with one attached hydrogen (secondary N) is 1. The molecule has 4 rings (SSSR count). The zero-order chi connectivity index (χ0) is 25.3. The number of halogens is 4. The van der Waals surface area contributed by atoms with Gasteiger partial charge in [-0.1, -0.05) is 41.4 Å². The van der Waals surface area contributed by atoms with Crippen LogP contribution in [0.1, 0.15) is 16.1 Å². The Morgan fingerprint density at radius 1 is 1.06 bits per heavy atom. The molecular formula is C23H15Br2Cl2N5O3. The van der Waals surface area contributed by atoms with Gasteiger partial charge in [-0.25, -0.2) is 19.4 Å². The predicted molar refractivity (Wildman–Crippen MR) is 143 cm³/mol. The smallest absolute Gasteiger partial charge is 0.416 e. The summed E-state index contributed by atoms with van der Waals surface area (Å²) in [6.45, 7) is 1.71. The molecule has 35 heavy (non-hydrogen) atoms. The molecule has 0 radical (unpaired) electrons. The van der Waals surface area contributed by atoms with Crippen molar-refractivity contribution in [3.63, 3.8) is 0 Å². The van der Waals surface area contributed by atoms with Crippen LogP contribution in [-0.4, -0.2) is 31.9 Å². The summed E-state index contributed by atoms with van der Waals surface area (Å²) >= 11 is 19.4. The highest BCUT2D eigenvalue weighted by Crippen LogP contribution is 2.42. The van der Waals surface area contributed by atoms with Crippen molar-refractivity contribution in [2.75, 3.05) is 10.2 Å². The van der Waals surface area contributed by atoms with Crippen LogP contribution in [0.3, 0.4) is 0 Å². The minimum Gasteiger partial charge on any atom is -0.464 e. The third-order valence-corrected chi connectivity index (χ3v) is 7.20. The van der Waals surface area contributed by atoms with Crippen LogP contribution in [0.4, 0.5) is 21.9 Å². The average Bonchev–Trinajstić information content (AvgIpc) is 3.22. The minimum atomic E-state index is -1.25. The summed E-state index contributed by atoms with van der Waals surface area (Å²) in [5, 5.41) is 17.7. The van der Waals surface area contributed by atoms with Crippen molar-refractivity contribution in [3.8, 4) is 5.82 Å². The van der Waals surface area contributed by atoms with E-state index in [1.807, 2.05) is 0 Å². The summed E-state index contributed by atoms with van der Waals surface area (Å²) < 4.78 is 2.20. The molecule has 4 aromatic rings. The molecule has 0 aliphatic rings. The van der Waals surface area contributed by atoms with Crippen molar-refractivity contribution >= 4 is 84.1 Å². The Morgan fingerprint density at radius 3 is 2.43 bits per heavy atom. The Kier molecular flexibility index (Phi) is 7.46. The standard InChI is InChI=1S/C23H15Br2Cl2N5O3/c1-12-19(25)15(27)10-16(31(23(34)35)13-6-3-2-4-7-13)20(12)29-22(33)17-11-18(24)30-32(17)21-14(26)8-5-9-28-21/h2-11H,1H3,(H,29,33)(H,34,35). The van der Waals surface area contributed by atoms with Crippen LogP contribution in [0.2, 0.25) is 10.0 Å². The van der Waals surface area contributed by atoms with Gasteiger partial charge in [0.25, 0.3) is 5.91 Å². The van der Waals surface area contributed by atoms with E-state index in [1.54, 1.807) is 49.4 Å². The second-order valence-corrected chi connectivity index (χ2v) is 9.59. The molecule has 0 spiro atoms. The number of para-hydroxylation sites is 1. The average molecular weight is 640 g/mol. The Balaban J connectivity index is 1.84. The van der Waals surface area contributed by atoms with Gasteiger partial charge >= 0.3 is 6.09 Å². The van der Waals surface area contributed by atoms with E-state index < -0.39 is 12.0 Å². The van der Waals surface area contributed by atoms with E-state index in [0.717, 1.165) is 4.90 Å². The largest absolute Gasteiger partial charge is 0.464 e. The number of hydrogen-bond acceptors (Lipinski definition) is 4. The van der Waals surface area contributed by atoms with Crippen LogP contribution >= 0.6 is 55.1 Å². The number of benzene rings is 2. The van der Waals surface area contributed by atoms with E-state index in [4.69, 9.17) is 23.2 Å². The topological polar surface area (TPSA) is 100 Å². The van der Waals surface area contributed by atoms with Gasteiger partial charge in [0.05, 0.1) is 27.1 Å². The highest BCUT2D eigenvalue weighted by atomic mass is 79.9. The first-order valence-electron chi connectivity index (χ1n) is 9.93. The lowest BCUT2D eigenvalue weighted by molar-refractivity contribution is 0.101. The van der Waals surface area contributed by atoms with E-state index in [9.17, 15) is 14.7 Å². The SMILES string of the molecule is Cc1c(Br)c(Cl)cc(N(C(=O)O)c2ccccc2)c1NC(=O)c1cc(Br)nn1-c1ncccc1Cl. The molecule has 8 nitrogen and oxygen atoms in total. The number of rotatable bonds is 5. The van der Waals surface area contributed by atoms with Crippen molar-refractivity contribution in [1.82, 2.24) is 14.8 Å². The number of anilines is 3. The van der Waals surface area contributed by atoms with Crippen molar-refractivity contribution < 1.29 is 14.7 Å².